The second-order valence-electron chi connectivity index (χ2n) is 5.27. The Bertz CT molecular complexity index is 614. The van der Waals surface area contributed by atoms with Crippen molar-refractivity contribution in [2.75, 3.05) is 7.05 Å². The van der Waals surface area contributed by atoms with Crippen LogP contribution in [0.4, 0.5) is 0 Å². The van der Waals surface area contributed by atoms with Crippen molar-refractivity contribution >= 4 is 15.9 Å². The third kappa shape index (κ3) is 3.21. The van der Waals surface area contributed by atoms with Gasteiger partial charge in [0.25, 0.3) is 0 Å². The molecule has 1 N–H and O–H groups in total. The van der Waals surface area contributed by atoms with E-state index in [0.29, 0.717) is 0 Å². The first-order valence-electron chi connectivity index (χ1n) is 7.43. The maximum absolute atomic E-state index is 4.58. The van der Waals surface area contributed by atoms with Gasteiger partial charge in [0.2, 0.25) is 0 Å². The maximum atomic E-state index is 4.58. The molecule has 0 aromatic carbocycles. The molecule has 2 aromatic heterocycles. The zero-order valence-electron chi connectivity index (χ0n) is 13.4. The van der Waals surface area contributed by atoms with Crippen LogP contribution in [0.15, 0.2) is 10.7 Å². The normalized spacial score (nSPS) is 12.9. The number of nitrogens with one attached hydrogen (secondary N) is 1. The van der Waals surface area contributed by atoms with Crippen molar-refractivity contribution in [3.05, 3.63) is 33.3 Å². The van der Waals surface area contributed by atoms with Gasteiger partial charge in [-0.25, -0.2) is 0 Å². The molecular weight excluding hydrogens is 330 g/mol. The van der Waals surface area contributed by atoms with E-state index in [1.807, 2.05) is 25.7 Å². The molecule has 0 bridgehead atoms. The highest BCUT2D eigenvalue weighted by Gasteiger charge is 2.21. The van der Waals surface area contributed by atoms with Crippen molar-refractivity contribution < 1.29 is 0 Å². The Hall–Kier alpha value is -1.14. The van der Waals surface area contributed by atoms with Gasteiger partial charge in [-0.05, 0) is 43.2 Å². The Morgan fingerprint density at radius 1 is 1.33 bits per heavy atom. The lowest BCUT2D eigenvalue weighted by Gasteiger charge is -2.17. The Labute approximate surface area is 134 Å². The summed E-state index contributed by atoms with van der Waals surface area (Å²) in [5.74, 6) is 0. The van der Waals surface area contributed by atoms with Gasteiger partial charge in [-0.1, -0.05) is 6.92 Å². The molecule has 0 aliphatic carbocycles. The summed E-state index contributed by atoms with van der Waals surface area (Å²) in [7, 11) is 3.98. The lowest BCUT2D eigenvalue weighted by atomic mass is 10.0. The van der Waals surface area contributed by atoms with Crippen molar-refractivity contribution in [2.24, 2.45) is 7.05 Å². The first-order chi connectivity index (χ1) is 10.0. The molecule has 0 fully saturated rings. The molecule has 2 heterocycles. The minimum absolute atomic E-state index is 0.242. The van der Waals surface area contributed by atoms with E-state index in [1.165, 1.54) is 11.3 Å². The lowest BCUT2D eigenvalue weighted by molar-refractivity contribution is 0.537. The standard InChI is InChI=1S/C15H24BrN5/c1-6-12-11(9-20(5)19-12)13(17-4)8-14-15(16)10(3)18-21(14)7-2/h9,13,17H,6-8H2,1-5H3. The van der Waals surface area contributed by atoms with Crippen LogP contribution in [-0.2, 0) is 26.4 Å². The molecule has 0 radical (unpaired) electrons. The van der Waals surface area contributed by atoms with Crippen LogP contribution in [0.25, 0.3) is 0 Å². The van der Waals surface area contributed by atoms with Gasteiger partial charge < -0.3 is 5.32 Å². The SMILES string of the molecule is CCc1nn(C)cc1C(Cc1c(Br)c(C)nn1CC)NC. The predicted octanol–water partition coefficient (Wildman–Crippen LogP) is 2.77. The molecule has 0 aliphatic rings. The fraction of sp³-hybridized carbons (Fsp3) is 0.600. The van der Waals surface area contributed by atoms with E-state index in [4.69, 9.17) is 0 Å². The minimum atomic E-state index is 0.242. The number of aromatic nitrogens is 4. The van der Waals surface area contributed by atoms with Crippen LogP contribution in [0.3, 0.4) is 0 Å². The summed E-state index contributed by atoms with van der Waals surface area (Å²) in [6, 6.07) is 0.242. The number of likely N-dealkylation sites (N-methyl/N-ethyl adjacent to an activating group) is 1. The van der Waals surface area contributed by atoms with Gasteiger partial charge in [0.05, 0.1) is 21.6 Å². The van der Waals surface area contributed by atoms with Crippen LogP contribution in [-0.4, -0.2) is 26.6 Å². The molecule has 0 saturated carbocycles. The Balaban J connectivity index is 2.35. The smallest absolute Gasteiger partial charge is 0.0738 e. The molecule has 0 saturated heterocycles. The average molecular weight is 354 g/mol. The summed E-state index contributed by atoms with van der Waals surface area (Å²) >= 11 is 3.68. The van der Waals surface area contributed by atoms with Gasteiger partial charge in [0.1, 0.15) is 0 Å². The van der Waals surface area contributed by atoms with E-state index >= 15 is 0 Å². The van der Waals surface area contributed by atoms with E-state index in [-0.39, 0.29) is 6.04 Å². The summed E-state index contributed by atoms with van der Waals surface area (Å²) in [4.78, 5) is 0. The Morgan fingerprint density at radius 3 is 2.62 bits per heavy atom. The molecule has 1 unspecified atom stereocenters. The number of aryl methyl sites for hydroxylation is 4. The monoisotopic (exact) mass is 353 g/mol. The van der Waals surface area contributed by atoms with Crippen LogP contribution < -0.4 is 5.32 Å². The average Bonchev–Trinajstić information content (AvgIpc) is 2.98. The molecular formula is C15H24BrN5. The number of halogens is 1. The van der Waals surface area contributed by atoms with Gasteiger partial charge in [0, 0.05) is 37.8 Å². The zero-order chi connectivity index (χ0) is 15.6. The van der Waals surface area contributed by atoms with Gasteiger partial charge in [-0.15, -0.1) is 0 Å². The molecule has 0 aliphatic heterocycles. The summed E-state index contributed by atoms with van der Waals surface area (Å²) in [5, 5.41) is 12.6. The van der Waals surface area contributed by atoms with Gasteiger partial charge in [-0.3, -0.25) is 9.36 Å². The van der Waals surface area contributed by atoms with E-state index in [2.05, 4.69) is 56.2 Å². The molecule has 5 nitrogen and oxygen atoms in total. The minimum Gasteiger partial charge on any atom is -0.313 e. The van der Waals surface area contributed by atoms with E-state index in [1.54, 1.807) is 0 Å². The second kappa shape index (κ2) is 6.75. The Kier molecular flexibility index (Phi) is 5.22. The summed E-state index contributed by atoms with van der Waals surface area (Å²) in [6.07, 6.45) is 3.96. The number of hydrogen-bond donors (Lipinski definition) is 1. The van der Waals surface area contributed by atoms with Gasteiger partial charge in [-0.2, -0.15) is 10.2 Å². The second-order valence-corrected chi connectivity index (χ2v) is 6.06. The highest BCUT2D eigenvalue weighted by atomic mass is 79.9. The van der Waals surface area contributed by atoms with Crippen LogP contribution in [0.2, 0.25) is 0 Å². The van der Waals surface area contributed by atoms with Gasteiger partial charge >= 0.3 is 0 Å². The molecule has 21 heavy (non-hydrogen) atoms. The summed E-state index contributed by atoms with van der Waals surface area (Å²) in [5.41, 5.74) is 4.71. The van der Waals surface area contributed by atoms with E-state index in [0.717, 1.165) is 35.2 Å². The van der Waals surface area contributed by atoms with Crippen LogP contribution in [0, 0.1) is 6.92 Å². The first-order valence-corrected chi connectivity index (χ1v) is 8.22. The predicted molar refractivity (Wildman–Crippen MR) is 88.4 cm³/mol. The Morgan fingerprint density at radius 2 is 2.05 bits per heavy atom. The van der Waals surface area contributed by atoms with Crippen LogP contribution in [0.5, 0.6) is 0 Å². The summed E-state index contributed by atoms with van der Waals surface area (Å²) in [6.45, 7) is 7.19. The van der Waals surface area contributed by atoms with Crippen LogP contribution >= 0.6 is 15.9 Å². The van der Waals surface area contributed by atoms with Gasteiger partial charge in [0.15, 0.2) is 0 Å². The molecule has 1 atom stereocenters. The van der Waals surface area contributed by atoms with Crippen molar-refractivity contribution in [3.8, 4) is 0 Å². The quantitative estimate of drug-likeness (QED) is 0.868. The third-order valence-electron chi connectivity index (χ3n) is 3.85. The fourth-order valence-corrected chi connectivity index (χ4v) is 3.19. The molecule has 0 amide bonds. The largest absolute Gasteiger partial charge is 0.313 e. The van der Waals surface area contributed by atoms with E-state index in [9.17, 15) is 0 Å². The molecule has 6 heteroatoms. The van der Waals surface area contributed by atoms with E-state index < -0.39 is 0 Å². The fourth-order valence-electron chi connectivity index (χ4n) is 2.74. The number of hydrogen-bond acceptors (Lipinski definition) is 3. The first kappa shape index (κ1) is 16.2. The number of rotatable bonds is 6. The summed E-state index contributed by atoms with van der Waals surface area (Å²) < 4.78 is 5.09. The number of nitrogens with zero attached hydrogens (tertiary/aromatic N) is 4. The zero-order valence-corrected chi connectivity index (χ0v) is 15.0. The van der Waals surface area contributed by atoms with Crippen LogP contribution in [0.1, 0.15) is 42.5 Å². The molecule has 2 aromatic rings. The maximum Gasteiger partial charge on any atom is 0.0738 e. The van der Waals surface area contributed by atoms with Crippen molar-refractivity contribution in [1.82, 2.24) is 24.9 Å². The lowest BCUT2D eigenvalue weighted by Crippen LogP contribution is -2.21. The van der Waals surface area contributed by atoms with Crippen molar-refractivity contribution in [1.29, 1.82) is 0 Å². The van der Waals surface area contributed by atoms with Crippen molar-refractivity contribution in [2.45, 2.75) is 46.2 Å². The third-order valence-corrected chi connectivity index (χ3v) is 4.88. The molecule has 116 valence electrons. The highest BCUT2D eigenvalue weighted by molar-refractivity contribution is 9.10. The topological polar surface area (TPSA) is 47.7 Å². The molecule has 2 rings (SSSR count). The van der Waals surface area contributed by atoms with Crippen molar-refractivity contribution in [3.63, 3.8) is 0 Å². The highest BCUT2D eigenvalue weighted by Crippen LogP contribution is 2.27. The molecule has 0 spiro atoms.